The van der Waals surface area contributed by atoms with Crippen molar-refractivity contribution in [1.82, 2.24) is 19.8 Å². The number of carbonyl (C=O) groups is 1. The number of rotatable bonds is 6. The molecule has 0 bridgehead atoms. The molecule has 0 aliphatic rings. The van der Waals surface area contributed by atoms with Crippen molar-refractivity contribution in [2.45, 2.75) is 25.9 Å². The number of amides is 2. The third-order valence-electron chi connectivity index (χ3n) is 3.74. The van der Waals surface area contributed by atoms with E-state index >= 15 is 0 Å². The molecular formula is C16H20F2N4O. The van der Waals surface area contributed by atoms with Crippen LogP contribution in [0.3, 0.4) is 0 Å². The summed E-state index contributed by atoms with van der Waals surface area (Å²) in [6.07, 6.45) is 6.01. The molecule has 2 aromatic rings. The number of aryl methyl sites for hydroxylation is 1. The molecule has 0 fully saturated rings. The quantitative estimate of drug-likeness (QED) is 0.831. The van der Waals surface area contributed by atoms with Gasteiger partial charge in [0, 0.05) is 38.1 Å². The van der Waals surface area contributed by atoms with Crippen molar-refractivity contribution >= 4 is 6.03 Å². The second-order valence-electron chi connectivity index (χ2n) is 5.34. The lowest BCUT2D eigenvalue weighted by Crippen LogP contribution is -2.39. The Kier molecular flexibility index (Phi) is 5.67. The van der Waals surface area contributed by atoms with Gasteiger partial charge in [-0.15, -0.1) is 0 Å². The van der Waals surface area contributed by atoms with Gasteiger partial charge in [-0.2, -0.15) is 0 Å². The standard InChI is InChI=1S/C16H20F2N4O/c1-12(14-10-13(17)4-5-15(14)18)21(2)16(23)20-6-3-8-22-9-7-19-11-22/h4-5,7,9-12H,3,6,8H2,1-2H3,(H,20,23)/t12-/m0/s1. The van der Waals surface area contributed by atoms with Gasteiger partial charge in [0.1, 0.15) is 11.6 Å². The molecule has 1 aromatic carbocycles. The minimum absolute atomic E-state index is 0.154. The zero-order valence-electron chi connectivity index (χ0n) is 13.2. The normalized spacial score (nSPS) is 12.0. The van der Waals surface area contributed by atoms with Crippen LogP contribution in [0.15, 0.2) is 36.9 Å². The summed E-state index contributed by atoms with van der Waals surface area (Å²) in [6, 6.07) is 2.34. The maximum Gasteiger partial charge on any atom is 0.317 e. The first-order chi connectivity index (χ1) is 11.0. The number of halogens is 2. The van der Waals surface area contributed by atoms with Gasteiger partial charge in [-0.05, 0) is 31.5 Å². The molecule has 0 aliphatic carbocycles. The molecule has 124 valence electrons. The van der Waals surface area contributed by atoms with Crippen LogP contribution in [0.2, 0.25) is 0 Å². The highest BCUT2D eigenvalue weighted by molar-refractivity contribution is 5.74. The van der Waals surface area contributed by atoms with Gasteiger partial charge >= 0.3 is 6.03 Å². The number of urea groups is 1. The van der Waals surface area contributed by atoms with Crippen molar-refractivity contribution in [1.29, 1.82) is 0 Å². The van der Waals surface area contributed by atoms with E-state index in [1.54, 1.807) is 26.5 Å². The first kappa shape index (κ1) is 16.9. The summed E-state index contributed by atoms with van der Waals surface area (Å²) in [5.74, 6) is -1.05. The minimum atomic E-state index is -0.570. The van der Waals surface area contributed by atoms with E-state index in [2.05, 4.69) is 10.3 Å². The summed E-state index contributed by atoms with van der Waals surface area (Å²) in [4.78, 5) is 17.4. The Bertz CT molecular complexity index is 646. The molecule has 1 atom stereocenters. The Morgan fingerprint density at radius 1 is 1.43 bits per heavy atom. The van der Waals surface area contributed by atoms with Crippen LogP contribution < -0.4 is 5.32 Å². The highest BCUT2D eigenvalue weighted by Gasteiger charge is 2.20. The van der Waals surface area contributed by atoms with Gasteiger partial charge < -0.3 is 14.8 Å². The first-order valence-electron chi connectivity index (χ1n) is 7.40. The number of aromatic nitrogens is 2. The molecule has 1 heterocycles. The molecule has 1 N–H and O–H groups in total. The third kappa shape index (κ3) is 4.51. The fourth-order valence-corrected chi connectivity index (χ4v) is 2.22. The van der Waals surface area contributed by atoms with Gasteiger partial charge in [-0.1, -0.05) is 0 Å². The third-order valence-corrected chi connectivity index (χ3v) is 3.74. The molecule has 1 aromatic heterocycles. The van der Waals surface area contributed by atoms with Crippen LogP contribution in [-0.2, 0) is 6.54 Å². The molecule has 0 unspecified atom stereocenters. The molecule has 0 aliphatic heterocycles. The number of carbonyl (C=O) groups excluding carboxylic acids is 1. The zero-order valence-corrected chi connectivity index (χ0v) is 13.2. The Hall–Kier alpha value is -2.44. The number of benzene rings is 1. The van der Waals surface area contributed by atoms with Crippen LogP contribution in [0.1, 0.15) is 24.9 Å². The number of nitrogens with one attached hydrogen (secondary N) is 1. The second-order valence-corrected chi connectivity index (χ2v) is 5.34. The number of hydrogen-bond donors (Lipinski definition) is 1. The van der Waals surface area contributed by atoms with Crippen LogP contribution in [0.5, 0.6) is 0 Å². The zero-order chi connectivity index (χ0) is 16.8. The molecule has 0 saturated heterocycles. The summed E-state index contributed by atoms with van der Waals surface area (Å²) in [5, 5.41) is 2.77. The van der Waals surface area contributed by atoms with E-state index < -0.39 is 17.7 Å². The summed E-state index contributed by atoms with van der Waals surface area (Å²) < 4.78 is 29.0. The lowest BCUT2D eigenvalue weighted by atomic mass is 10.1. The van der Waals surface area contributed by atoms with Crippen molar-refractivity contribution in [3.8, 4) is 0 Å². The smallest absolute Gasteiger partial charge is 0.317 e. The SMILES string of the molecule is C[C@@H](c1cc(F)ccc1F)N(C)C(=O)NCCCn1ccnc1. The summed E-state index contributed by atoms with van der Waals surface area (Å²) in [7, 11) is 1.56. The summed E-state index contributed by atoms with van der Waals surface area (Å²) >= 11 is 0. The monoisotopic (exact) mass is 322 g/mol. The number of imidazole rings is 1. The van der Waals surface area contributed by atoms with Gasteiger partial charge in [0.05, 0.1) is 12.4 Å². The Morgan fingerprint density at radius 3 is 2.91 bits per heavy atom. The molecule has 23 heavy (non-hydrogen) atoms. The van der Waals surface area contributed by atoms with E-state index in [0.29, 0.717) is 6.54 Å². The summed E-state index contributed by atoms with van der Waals surface area (Å²) in [6.45, 7) is 2.89. The lowest BCUT2D eigenvalue weighted by molar-refractivity contribution is 0.193. The fraction of sp³-hybridized carbons (Fsp3) is 0.375. The highest BCUT2D eigenvalue weighted by atomic mass is 19.1. The largest absolute Gasteiger partial charge is 0.338 e. The molecule has 0 spiro atoms. The average Bonchev–Trinajstić information content (AvgIpc) is 3.05. The number of hydrogen-bond acceptors (Lipinski definition) is 2. The van der Waals surface area contributed by atoms with Crippen molar-refractivity contribution in [2.75, 3.05) is 13.6 Å². The maximum absolute atomic E-state index is 13.8. The van der Waals surface area contributed by atoms with E-state index in [9.17, 15) is 13.6 Å². The van der Waals surface area contributed by atoms with Crippen molar-refractivity contribution < 1.29 is 13.6 Å². The Balaban J connectivity index is 1.84. The number of nitrogens with zero attached hydrogens (tertiary/aromatic N) is 3. The molecule has 0 radical (unpaired) electrons. The van der Waals surface area contributed by atoms with Crippen molar-refractivity contribution in [3.05, 3.63) is 54.1 Å². The first-order valence-corrected chi connectivity index (χ1v) is 7.40. The predicted molar refractivity (Wildman–Crippen MR) is 82.8 cm³/mol. The van der Waals surface area contributed by atoms with Crippen molar-refractivity contribution in [3.63, 3.8) is 0 Å². The van der Waals surface area contributed by atoms with Gasteiger partial charge in [0.2, 0.25) is 0 Å². The topological polar surface area (TPSA) is 50.2 Å². The molecule has 2 rings (SSSR count). The Morgan fingerprint density at radius 2 is 2.22 bits per heavy atom. The van der Waals surface area contributed by atoms with Crippen LogP contribution in [-0.4, -0.2) is 34.1 Å². The van der Waals surface area contributed by atoms with Gasteiger partial charge in [0.25, 0.3) is 0 Å². The van der Waals surface area contributed by atoms with E-state index in [-0.39, 0.29) is 11.6 Å². The molecule has 2 amide bonds. The van der Waals surface area contributed by atoms with Crippen LogP contribution >= 0.6 is 0 Å². The second kappa shape index (κ2) is 7.71. The van der Waals surface area contributed by atoms with Crippen LogP contribution in [0, 0.1) is 11.6 Å². The highest BCUT2D eigenvalue weighted by Crippen LogP contribution is 2.22. The summed E-state index contributed by atoms with van der Waals surface area (Å²) in [5.41, 5.74) is 0.154. The van der Waals surface area contributed by atoms with E-state index in [1.165, 1.54) is 4.90 Å². The Labute approximate surface area is 133 Å². The molecule has 0 saturated carbocycles. The van der Waals surface area contributed by atoms with E-state index in [4.69, 9.17) is 0 Å². The minimum Gasteiger partial charge on any atom is -0.338 e. The maximum atomic E-state index is 13.8. The predicted octanol–water partition coefficient (Wildman–Crippen LogP) is 2.95. The molecule has 7 heteroatoms. The fourth-order valence-electron chi connectivity index (χ4n) is 2.22. The molecular weight excluding hydrogens is 302 g/mol. The average molecular weight is 322 g/mol. The lowest BCUT2D eigenvalue weighted by Gasteiger charge is -2.26. The van der Waals surface area contributed by atoms with Crippen LogP contribution in [0.25, 0.3) is 0 Å². The van der Waals surface area contributed by atoms with Crippen molar-refractivity contribution in [2.24, 2.45) is 0 Å². The van der Waals surface area contributed by atoms with E-state index in [0.717, 1.165) is 31.2 Å². The molecule has 5 nitrogen and oxygen atoms in total. The van der Waals surface area contributed by atoms with Gasteiger partial charge in [-0.25, -0.2) is 18.6 Å². The van der Waals surface area contributed by atoms with Gasteiger partial charge in [-0.3, -0.25) is 0 Å². The van der Waals surface area contributed by atoms with Crippen LogP contribution in [0.4, 0.5) is 13.6 Å². The van der Waals surface area contributed by atoms with Gasteiger partial charge in [0.15, 0.2) is 0 Å². The van der Waals surface area contributed by atoms with E-state index in [1.807, 2.05) is 10.8 Å².